The van der Waals surface area contributed by atoms with Crippen LogP contribution in [0.4, 0.5) is 10.5 Å². The lowest BCUT2D eigenvalue weighted by Crippen LogP contribution is -2.30. The normalized spacial score (nSPS) is 10.2. The van der Waals surface area contributed by atoms with Gasteiger partial charge < -0.3 is 15.0 Å². The molecule has 0 bridgehead atoms. The van der Waals surface area contributed by atoms with Gasteiger partial charge in [-0.05, 0) is 36.1 Å². The highest BCUT2D eigenvalue weighted by Gasteiger charge is 2.11. The molecule has 0 saturated carbocycles. The topological polar surface area (TPSA) is 41.6 Å². The standard InChI is InChI=1S/C15H18N2O2S/c1-11-7-8-20-14(11)10-17(2)15(18)16-12-5-4-6-13(9-12)19-3/h4-9H,10H2,1-3H3,(H,16,18). The molecular weight excluding hydrogens is 272 g/mol. The number of rotatable bonds is 4. The van der Waals surface area contributed by atoms with Crippen LogP contribution in [-0.2, 0) is 6.54 Å². The maximum atomic E-state index is 12.1. The summed E-state index contributed by atoms with van der Waals surface area (Å²) in [6, 6.07) is 9.25. The largest absolute Gasteiger partial charge is 0.497 e. The van der Waals surface area contributed by atoms with Crippen LogP contribution in [0.25, 0.3) is 0 Å². The number of amides is 2. The molecule has 0 spiro atoms. The molecule has 0 aliphatic rings. The van der Waals surface area contributed by atoms with E-state index in [4.69, 9.17) is 4.74 Å². The number of urea groups is 1. The monoisotopic (exact) mass is 290 g/mol. The van der Waals surface area contributed by atoms with E-state index in [1.165, 1.54) is 10.4 Å². The molecule has 2 rings (SSSR count). The van der Waals surface area contributed by atoms with Crippen molar-refractivity contribution in [3.8, 4) is 5.75 Å². The molecule has 4 nitrogen and oxygen atoms in total. The third kappa shape index (κ3) is 3.51. The molecule has 0 atom stereocenters. The molecule has 0 aliphatic heterocycles. The number of benzene rings is 1. The van der Waals surface area contributed by atoms with Crippen LogP contribution in [0.1, 0.15) is 10.4 Å². The molecule has 0 radical (unpaired) electrons. The fraction of sp³-hybridized carbons (Fsp3) is 0.267. The number of hydrogen-bond acceptors (Lipinski definition) is 3. The summed E-state index contributed by atoms with van der Waals surface area (Å²) in [5.74, 6) is 0.722. The molecule has 20 heavy (non-hydrogen) atoms. The lowest BCUT2D eigenvalue weighted by Gasteiger charge is -2.18. The van der Waals surface area contributed by atoms with Gasteiger partial charge in [-0.3, -0.25) is 0 Å². The molecule has 5 heteroatoms. The zero-order valence-corrected chi connectivity index (χ0v) is 12.7. The lowest BCUT2D eigenvalue weighted by atomic mass is 10.3. The zero-order valence-electron chi connectivity index (χ0n) is 11.8. The summed E-state index contributed by atoms with van der Waals surface area (Å²) in [6.45, 7) is 2.67. The minimum absolute atomic E-state index is 0.133. The van der Waals surface area contributed by atoms with Gasteiger partial charge in [0.25, 0.3) is 0 Å². The molecular formula is C15H18N2O2S. The van der Waals surface area contributed by atoms with Gasteiger partial charge in [-0.25, -0.2) is 4.79 Å². The number of methoxy groups -OCH3 is 1. The van der Waals surface area contributed by atoms with Crippen LogP contribution >= 0.6 is 11.3 Å². The Morgan fingerprint density at radius 2 is 2.20 bits per heavy atom. The molecule has 1 heterocycles. The van der Waals surface area contributed by atoms with Crippen molar-refractivity contribution in [3.63, 3.8) is 0 Å². The minimum Gasteiger partial charge on any atom is -0.497 e. The summed E-state index contributed by atoms with van der Waals surface area (Å²) in [4.78, 5) is 15.0. The van der Waals surface area contributed by atoms with Crippen molar-refractivity contribution >= 4 is 23.1 Å². The highest BCUT2D eigenvalue weighted by Crippen LogP contribution is 2.19. The molecule has 1 aromatic carbocycles. The first kappa shape index (κ1) is 14.4. The zero-order chi connectivity index (χ0) is 14.5. The lowest BCUT2D eigenvalue weighted by molar-refractivity contribution is 0.221. The van der Waals surface area contributed by atoms with E-state index in [0.717, 1.165) is 11.4 Å². The van der Waals surface area contributed by atoms with Crippen molar-refractivity contribution in [2.24, 2.45) is 0 Å². The summed E-state index contributed by atoms with van der Waals surface area (Å²) < 4.78 is 5.13. The number of nitrogens with zero attached hydrogens (tertiary/aromatic N) is 1. The van der Waals surface area contributed by atoms with E-state index >= 15 is 0 Å². The van der Waals surface area contributed by atoms with Crippen LogP contribution in [0.5, 0.6) is 5.75 Å². The third-order valence-electron chi connectivity index (χ3n) is 3.02. The van der Waals surface area contributed by atoms with Gasteiger partial charge >= 0.3 is 6.03 Å². The molecule has 1 aromatic heterocycles. The second-order valence-electron chi connectivity index (χ2n) is 4.54. The number of ether oxygens (including phenoxy) is 1. The number of anilines is 1. The van der Waals surface area contributed by atoms with Gasteiger partial charge in [0.2, 0.25) is 0 Å². The van der Waals surface area contributed by atoms with Gasteiger partial charge in [0, 0.05) is 23.7 Å². The SMILES string of the molecule is COc1cccc(NC(=O)N(C)Cc2sccc2C)c1. The van der Waals surface area contributed by atoms with Gasteiger partial charge in [-0.15, -0.1) is 11.3 Å². The van der Waals surface area contributed by atoms with Gasteiger partial charge in [0.05, 0.1) is 13.7 Å². The molecule has 0 saturated heterocycles. The fourth-order valence-corrected chi connectivity index (χ4v) is 2.73. The quantitative estimate of drug-likeness (QED) is 0.932. The van der Waals surface area contributed by atoms with E-state index in [1.807, 2.05) is 23.6 Å². The van der Waals surface area contributed by atoms with Crippen LogP contribution in [0.2, 0.25) is 0 Å². The highest BCUT2D eigenvalue weighted by atomic mass is 32.1. The second kappa shape index (κ2) is 6.43. The Balaban J connectivity index is 1.98. The predicted octanol–water partition coefficient (Wildman–Crippen LogP) is 3.73. The Labute approximate surface area is 123 Å². The molecule has 0 fully saturated rings. The molecule has 0 unspecified atom stereocenters. The van der Waals surface area contributed by atoms with Crippen LogP contribution in [0.15, 0.2) is 35.7 Å². The van der Waals surface area contributed by atoms with E-state index in [2.05, 4.69) is 18.3 Å². The highest BCUT2D eigenvalue weighted by molar-refractivity contribution is 7.10. The first-order chi connectivity index (χ1) is 9.60. The average molecular weight is 290 g/mol. The third-order valence-corrected chi connectivity index (χ3v) is 4.02. The summed E-state index contributed by atoms with van der Waals surface area (Å²) >= 11 is 1.67. The summed E-state index contributed by atoms with van der Waals surface area (Å²) in [6.07, 6.45) is 0. The van der Waals surface area contributed by atoms with Gasteiger partial charge in [-0.2, -0.15) is 0 Å². The van der Waals surface area contributed by atoms with E-state index in [1.54, 1.807) is 36.5 Å². The second-order valence-corrected chi connectivity index (χ2v) is 5.55. The number of carbonyl (C=O) groups is 1. The summed E-state index contributed by atoms with van der Waals surface area (Å²) in [5.41, 5.74) is 1.94. The number of hydrogen-bond donors (Lipinski definition) is 1. The minimum atomic E-state index is -0.133. The van der Waals surface area contributed by atoms with E-state index in [0.29, 0.717) is 6.54 Å². The Bertz CT molecular complexity index is 595. The smallest absolute Gasteiger partial charge is 0.321 e. The van der Waals surface area contributed by atoms with Crippen molar-refractivity contribution < 1.29 is 9.53 Å². The van der Waals surface area contributed by atoms with Crippen LogP contribution in [0.3, 0.4) is 0 Å². The Kier molecular flexibility index (Phi) is 4.63. The van der Waals surface area contributed by atoms with Crippen molar-refractivity contribution in [2.45, 2.75) is 13.5 Å². The number of aryl methyl sites for hydroxylation is 1. The first-order valence-corrected chi connectivity index (χ1v) is 7.17. The van der Waals surface area contributed by atoms with Crippen molar-refractivity contribution in [1.29, 1.82) is 0 Å². The van der Waals surface area contributed by atoms with E-state index < -0.39 is 0 Å². The van der Waals surface area contributed by atoms with Gasteiger partial charge in [-0.1, -0.05) is 6.07 Å². The van der Waals surface area contributed by atoms with Crippen molar-refractivity contribution in [3.05, 3.63) is 46.2 Å². The van der Waals surface area contributed by atoms with Crippen LogP contribution in [0, 0.1) is 6.92 Å². The maximum Gasteiger partial charge on any atom is 0.321 e. The Hall–Kier alpha value is -2.01. The fourth-order valence-electron chi connectivity index (χ4n) is 1.77. The van der Waals surface area contributed by atoms with Gasteiger partial charge in [0.15, 0.2) is 0 Å². The van der Waals surface area contributed by atoms with Crippen LogP contribution in [-0.4, -0.2) is 25.1 Å². The molecule has 1 N–H and O–H groups in total. The summed E-state index contributed by atoms with van der Waals surface area (Å²) in [7, 11) is 3.39. The van der Waals surface area contributed by atoms with Crippen molar-refractivity contribution in [1.82, 2.24) is 4.90 Å². The Morgan fingerprint density at radius 3 is 2.85 bits per heavy atom. The maximum absolute atomic E-state index is 12.1. The number of carbonyl (C=O) groups excluding carboxylic acids is 1. The summed E-state index contributed by atoms with van der Waals surface area (Å²) in [5, 5.41) is 4.90. The molecule has 106 valence electrons. The van der Waals surface area contributed by atoms with Crippen LogP contribution < -0.4 is 10.1 Å². The first-order valence-electron chi connectivity index (χ1n) is 6.29. The van der Waals surface area contributed by atoms with E-state index in [-0.39, 0.29) is 6.03 Å². The molecule has 2 aromatic rings. The predicted molar refractivity (Wildman–Crippen MR) is 82.5 cm³/mol. The number of nitrogens with one attached hydrogen (secondary N) is 1. The Morgan fingerprint density at radius 1 is 1.40 bits per heavy atom. The van der Waals surface area contributed by atoms with Crippen molar-refractivity contribution in [2.75, 3.05) is 19.5 Å². The average Bonchev–Trinajstić information content (AvgIpc) is 2.84. The molecule has 2 amide bonds. The van der Waals surface area contributed by atoms with Gasteiger partial charge in [0.1, 0.15) is 5.75 Å². The number of thiophene rings is 1. The molecule has 0 aliphatic carbocycles. The van der Waals surface area contributed by atoms with E-state index in [9.17, 15) is 4.79 Å².